The Morgan fingerprint density at radius 3 is 2.15 bits per heavy atom. The lowest BCUT2D eigenvalue weighted by Gasteiger charge is -2.17. The van der Waals surface area contributed by atoms with E-state index in [1.165, 1.54) is 12.1 Å². The number of nitrogens with one attached hydrogen (secondary N) is 1. The highest BCUT2D eigenvalue weighted by atomic mass is 32.2. The van der Waals surface area contributed by atoms with Gasteiger partial charge < -0.3 is 10.4 Å². The maximum absolute atomic E-state index is 12.4. The van der Waals surface area contributed by atoms with Crippen LogP contribution in [0.2, 0.25) is 0 Å². The van der Waals surface area contributed by atoms with Gasteiger partial charge in [-0.3, -0.25) is 4.79 Å². The lowest BCUT2D eigenvalue weighted by atomic mass is 10.0. The predicted molar refractivity (Wildman–Crippen MR) is 107 cm³/mol. The molecule has 0 aromatic heterocycles. The maximum Gasteiger partial charge on any atom is 0.326 e. The number of carboxylic acids is 1. The molecule has 150 valence electrons. The molecule has 0 bridgehead atoms. The lowest BCUT2D eigenvalue weighted by molar-refractivity contribution is -0.141. The minimum absolute atomic E-state index is 0.0311. The number of sulfone groups is 1. The summed E-state index contributed by atoms with van der Waals surface area (Å²) in [5.41, 5.74) is 2.13. The van der Waals surface area contributed by atoms with Gasteiger partial charge in [-0.05, 0) is 44.0 Å². The first-order valence-electron chi connectivity index (χ1n) is 8.59. The fraction of sp³-hybridized carbons (Fsp3) is 0.400. The van der Waals surface area contributed by atoms with Gasteiger partial charge in [-0.2, -0.15) is 0 Å². The van der Waals surface area contributed by atoms with Crippen LogP contribution in [0.25, 0.3) is 0 Å². The summed E-state index contributed by atoms with van der Waals surface area (Å²) in [6, 6.07) is 4.84. The molecule has 0 saturated carbocycles. The monoisotopic (exact) mass is 395 g/mol. The summed E-state index contributed by atoms with van der Waals surface area (Å²) in [5, 5.41) is 11.9. The van der Waals surface area contributed by atoms with Crippen molar-refractivity contribution in [1.82, 2.24) is 5.32 Å². The second kappa shape index (κ2) is 10.7. The smallest absolute Gasteiger partial charge is 0.326 e. The van der Waals surface area contributed by atoms with Crippen LogP contribution in [-0.4, -0.2) is 37.7 Å². The summed E-state index contributed by atoms with van der Waals surface area (Å²) in [4.78, 5) is 24.0. The molecule has 1 aromatic carbocycles. The summed E-state index contributed by atoms with van der Waals surface area (Å²) in [7, 11) is -3.39. The van der Waals surface area contributed by atoms with Crippen molar-refractivity contribution < 1.29 is 23.1 Å². The maximum atomic E-state index is 12.4. The van der Waals surface area contributed by atoms with Gasteiger partial charge in [0.05, 0.1) is 4.90 Å². The Morgan fingerprint density at radius 1 is 1.19 bits per heavy atom. The van der Waals surface area contributed by atoms with Crippen LogP contribution in [0.5, 0.6) is 0 Å². The van der Waals surface area contributed by atoms with Gasteiger partial charge in [-0.15, -0.1) is 0 Å². The zero-order valence-electron chi connectivity index (χ0n) is 16.8. The van der Waals surface area contributed by atoms with E-state index in [4.69, 9.17) is 0 Å². The van der Waals surface area contributed by atoms with Crippen molar-refractivity contribution in [2.75, 3.05) is 6.26 Å². The molecule has 0 spiro atoms. The van der Waals surface area contributed by atoms with Gasteiger partial charge >= 0.3 is 5.97 Å². The Hall–Kier alpha value is -2.41. The van der Waals surface area contributed by atoms with Crippen LogP contribution < -0.4 is 5.32 Å². The van der Waals surface area contributed by atoms with Crippen LogP contribution >= 0.6 is 0 Å². The molecule has 1 amide bonds. The summed E-state index contributed by atoms with van der Waals surface area (Å²) >= 11 is 0. The molecule has 2 N–H and O–H groups in total. The van der Waals surface area contributed by atoms with Crippen molar-refractivity contribution in [3.8, 4) is 0 Å². The molecule has 27 heavy (non-hydrogen) atoms. The van der Waals surface area contributed by atoms with E-state index in [-0.39, 0.29) is 11.3 Å². The van der Waals surface area contributed by atoms with Crippen LogP contribution in [0.3, 0.4) is 0 Å². The average Bonchev–Trinajstić information content (AvgIpc) is 2.54. The molecule has 1 rings (SSSR count). The van der Waals surface area contributed by atoms with Crippen molar-refractivity contribution in [3.63, 3.8) is 0 Å². The zero-order chi connectivity index (χ0) is 21.4. The highest BCUT2D eigenvalue weighted by Gasteiger charge is 2.23. The van der Waals surface area contributed by atoms with Crippen molar-refractivity contribution >= 4 is 21.7 Å². The molecule has 0 saturated heterocycles. The standard InChI is InChI=1S/C18H23NO5S.C2H6/c1-11(2)16(12(3)4)17(20)19-15(18(21)22)10-13-7-6-8-14(9-13)25(5,23)24;1-2/h6-9,15H,1,10H2,2-5H3,(H,19,20)(H,21,22);1-2H3. The molecule has 1 unspecified atom stereocenters. The molecule has 0 heterocycles. The van der Waals surface area contributed by atoms with Gasteiger partial charge in [0.1, 0.15) is 6.04 Å². The number of amides is 1. The van der Waals surface area contributed by atoms with E-state index in [9.17, 15) is 23.1 Å². The van der Waals surface area contributed by atoms with Crippen molar-refractivity contribution in [1.29, 1.82) is 0 Å². The lowest BCUT2D eigenvalue weighted by Crippen LogP contribution is -2.43. The SMILES string of the molecule is C=C(C)C(C(=O)NC(Cc1cccc(S(C)(=O)=O)c1)C(=O)O)=C(C)C.CC. The summed E-state index contributed by atoms with van der Waals surface area (Å²) < 4.78 is 23.2. The number of benzene rings is 1. The third-order valence-electron chi connectivity index (χ3n) is 3.52. The van der Waals surface area contributed by atoms with Gasteiger partial charge in [-0.25, -0.2) is 13.2 Å². The van der Waals surface area contributed by atoms with Crippen molar-refractivity contribution in [2.45, 2.75) is 52.0 Å². The van der Waals surface area contributed by atoms with Crippen LogP contribution in [-0.2, 0) is 25.8 Å². The summed E-state index contributed by atoms with van der Waals surface area (Å²) in [5.74, 6) is -1.72. The molecule has 0 aliphatic carbocycles. The third kappa shape index (κ3) is 7.78. The minimum atomic E-state index is -3.39. The Kier molecular flexibility index (Phi) is 9.72. The van der Waals surface area contributed by atoms with Crippen LogP contribution in [0, 0.1) is 0 Å². The normalized spacial score (nSPS) is 11.5. The van der Waals surface area contributed by atoms with Crippen LogP contribution in [0.1, 0.15) is 40.2 Å². The molecule has 0 aliphatic rings. The van der Waals surface area contributed by atoms with E-state index in [0.29, 0.717) is 16.7 Å². The molecule has 0 aliphatic heterocycles. The number of carboxylic acid groups (broad SMARTS) is 1. The second-order valence-electron chi connectivity index (χ2n) is 6.14. The first kappa shape index (κ1) is 24.6. The Balaban J connectivity index is 0.00000326. The molecular weight excluding hydrogens is 366 g/mol. The highest BCUT2D eigenvalue weighted by molar-refractivity contribution is 7.90. The topological polar surface area (TPSA) is 101 Å². The number of hydrogen-bond acceptors (Lipinski definition) is 4. The van der Waals surface area contributed by atoms with Gasteiger partial charge in [0.2, 0.25) is 0 Å². The van der Waals surface area contributed by atoms with Gasteiger partial charge in [0, 0.05) is 18.2 Å². The number of allylic oxidation sites excluding steroid dienone is 1. The predicted octanol–water partition coefficient (Wildman–Crippen LogP) is 3.14. The van der Waals surface area contributed by atoms with Gasteiger partial charge in [0.15, 0.2) is 9.84 Å². The van der Waals surface area contributed by atoms with Gasteiger partial charge in [0.25, 0.3) is 5.91 Å². The average molecular weight is 396 g/mol. The highest BCUT2D eigenvalue weighted by Crippen LogP contribution is 2.15. The quantitative estimate of drug-likeness (QED) is 0.546. The molecule has 0 radical (unpaired) electrons. The fourth-order valence-corrected chi connectivity index (χ4v) is 3.11. The van der Waals surface area contributed by atoms with Crippen molar-refractivity contribution in [2.24, 2.45) is 0 Å². The number of rotatable bonds is 7. The van der Waals surface area contributed by atoms with Crippen LogP contribution in [0.15, 0.2) is 52.5 Å². The van der Waals surface area contributed by atoms with E-state index in [2.05, 4.69) is 11.9 Å². The number of aliphatic carboxylic acids is 1. The molecule has 6 nitrogen and oxygen atoms in total. The van der Waals surface area contributed by atoms with E-state index < -0.39 is 27.8 Å². The van der Waals surface area contributed by atoms with E-state index in [0.717, 1.165) is 11.8 Å². The summed E-state index contributed by atoms with van der Waals surface area (Å²) in [6.45, 7) is 12.9. The largest absolute Gasteiger partial charge is 0.480 e. The minimum Gasteiger partial charge on any atom is -0.480 e. The summed E-state index contributed by atoms with van der Waals surface area (Å²) in [6.07, 6.45) is 1.05. The first-order valence-corrected chi connectivity index (χ1v) is 10.5. The number of hydrogen-bond donors (Lipinski definition) is 2. The Morgan fingerprint density at radius 2 is 1.74 bits per heavy atom. The fourth-order valence-electron chi connectivity index (χ4n) is 2.42. The Labute approximate surface area is 161 Å². The van der Waals surface area contributed by atoms with E-state index >= 15 is 0 Å². The number of carbonyl (C=O) groups is 2. The number of carbonyl (C=O) groups excluding carboxylic acids is 1. The Bertz CT molecular complexity index is 834. The van der Waals surface area contributed by atoms with Crippen LogP contribution in [0.4, 0.5) is 0 Å². The van der Waals surface area contributed by atoms with Gasteiger partial charge in [-0.1, -0.05) is 38.1 Å². The molecule has 7 heteroatoms. The second-order valence-corrected chi connectivity index (χ2v) is 8.16. The molecule has 0 fully saturated rings. The molecule has 1 aromatic rings. The van der Waals surface area contributed by atoms with E-state index in [1.807, 2.05) is 13.8 Å². The van der Waals surface area contributed by atoms with Crippen molar-refractivity contribution in [3.05, 3.63) is 53.1 Å². The molecular formula is C20H29NO5S. The third-order valence-corrected chi connectivity index (χ3v) is 4.63. The zero-order valence-corrected chi connectivity index (χ0v) is 17.6. The molecule has 1 atom stereocenters. The van der Waals surface area contributed by atoms with E-state index in [1.54, 1.807) is 32.9 Å². The first-order chi connectivity index (χ1) is 12.4.